The lowest BCUT2D eigenvalue weighted by Gasteiger charge is -2.35. The molecule has 4 N–H and O–H groups in total. The number of amidine groups is 1. The first-order valence-electron chi connectivity index (χ1n) is 6.27. The van der Waals surface area contributed by atoms with Crippen molar-refractivity contribution in [1.82, 2.24) is 10.2 Å². The molecular formula is C11H22N4O2. The van der Waals surface area contributed by atoms with Crippen LogP contribution in [0.1, 0.15) is 19.8 Å². The van der Waals surface area contributed by atoms with Gasteiger partial charge in [0.15, 0.2) is 5.84 Å². The van der Waals surface area contributed by atoms with E-state index in [1.165, 1.54) is 19.4 Å². The van der Waals surface area contributed by atoms with E-state index in [4.69, 9.17) is 15.7 Å². The van der Waals surface area contributed by atoms with Gasteiger partial charge in [-0.2, -0.15) is 0 Å². The van der Waals surface area contributed by atoms with Crippen molar-refractivity contribution in [2.75, 3.05) is 26.2 Å². The summed E-state index contributed by atoms with van der Waals surface area (Å²) < 4.78 is 5.81. The molecule has 0 aromatic carbocycles. The van der Waals surface area contributed by atoms with Gasteiger partial charge in [-0.25, -0.2) is 0 Å². The predicted octanol–water partition coefficient (Wildman–Crippen LogP) is -0.426. The summed E-state index contributed by atoms with van der Waals surface area (Å²) in [6.45, 7) is 5.63. The minimum absolute atomic E-state index is 0.125. The van der Waals surface area contributed by atoms with Gasteiger partial charge in [0.05, 0.1) is 18.8 Å². The molecule has 3 unspecified atom stereocenters. The van der Waals surface area contributed by atoms with E-state index in [0.717, 1.165) is 19.7 Å². The summed E-state index contributed by atoms with van der Waals surface area (Å²) in [4.78, 5) is 2.50. The van der Waals surface area contributed by atoms with E-state index in [1.54, 1.807) is 0 Å². The first kappa shape index (κ1) is 12.6. The van der Waals surface area contributed by atoms with Crippen molar-refractivity contribution in [3.05, 3.63) is 0 Å². The Balaban J connectivity index is 1.73. The highest BCUT2D eigenvalue weighted by Crippen LogP contribution is 2.22. The highest BCUT2D eigenvalue weighted by atomic mass is 16.5. The zero-order chi connectivity index (χ0) is 12.3. The zero-order valence-corrected chi connectivity index (χ0v) is 10.3. The summed E-state index contributed by atoms with van der Waals surface area (Å²) in [7, 11) is 0. The first-order valence-corrected chi connectivity index (χ1v) is 6.27. The average Bonchev–Trinajstić information content (AvgIpc) is 2.82. The van der Waals surface area contributed by atoms with E-state index in [-0.39, 0.29) is 18.0 Å². The maximum Gasteiger partial charge on any atom is 0.156 e. The van der Waals surface area contributed by atoms with Gasteiger partial charge < -0.3 is 21.0 Å². The van der Waals surface area contributed by atoms with Crippen LogP contribution in [0.2, 0.25) is 0 Å². The van der Waals surface area contributed by atoms with Crippen LogP contribution in [0.15, 0.2) is 5.16 Å². The fraction of sp³-hybridized carbons (Fsp3) is 0.909. The molecule has 0 spiro atoms. The summed E-state index contributed by atoms with van der Waals surface area (Å²) >= 11 is 0. The zero-order valence-electron chi connectivity index (χ0n) is 10.3. The Hall–Kier alpha value is -0.850. The molecule has 0 radical (unpaired) electrons. The van der Waals surface area contributed by atoms with Crippen LogP contribution in [0, 0.1) is 0 Å². The number of hydrogen-bond donors (Lipinski definition) is 3. The number of ether oxygens (including phenoxy) is 1. The molecule has 0 amide bonds. The molecule has 2 aliphatic heterocycles. The predicted molar refractivity (Wildman–Crippen MR) is 65.2 cm³/mol. The van der Waals surface area contributed by atoms with E-state index in [9.17, 15) is 0 Å². The van der Waals surface area contributed by atoms with E-state index >= 15 is 0 Å². The maximum absolute atomic E-state index is 8.55. The molecule has 2 rings (SSSR count). The number of nitrogens with one attached hydrogen (secondary N) is 1. The van der Waals surface area contributed by atoms with Gasteiger partial charge in [0, 0.05) is 19.1 Å². The molecular weight excluding hydrogens is 220 g/mol. The fourth-order valence-electron chi connectivity index (χ4n) is 2.51. The highest BCUT2D eigenvalue weighted by molar-refractivity contribution is 5.84. The molecule has 2 fully saturated rings. The van der Waals surface area contributed by atoms with Crippen molar-refractivity contribution >= 4 is 5.84 Å². The van der Waals surface area contributed by atoms with Crippen LogP contribution in [0.5, 0.6) is 0 Å². The van der Waals surface area contributed by atoms with Crippen LogP contribution in [0.4, 0.5) is 0 Å². The van der Waals surface area contributed by atoms with Crippen LogP contribution in [0.3, 0.4) is 0 Å². The molecule has 0 aromatic rings. The Labute approximate surface area is 102 Å². The van der Waals surface area contributed by atoms with Crippen LogP contribution in [-0.2, 0) is 4.74 Å². The summed E-state index contributed by atoms with van der Waals surface area (Å²) in [5.41, 5.74) is 5.50. The minimum atomic E-state index is -0.125. The third-order valence-corrected chi connectivity index (χ3v) is 3.67. The van der Waals surface area contributed by atoms with Gasteiger partial charge >= 0.3 is 0 Å². The lowest BCUT2D eigenvalue weighted by molar-refractivity contribution is -0.0471. The smallest absolute Gasteiger partial charge is 0.156 e. The van der Waals surface area contributed by atoms with Crippen molar-refractivity contribution in [2.45, 2.75) is 38.0 Å². The maximum atomic E-state index is 8.55. The van der Waals surface area contributed by atoms with Crippen LogP contribution in [-0.4, -0.2) is 60.4 Å². The van der Waals surface area contributed by atoms with Gasteiger partial charge in [0.2, 0.25) is 0 Å². The van der Waals surface area contributed by atoms with Crippen molar-refractivity contribution in [3.8, 4) is 0 Å². The van der Waals surface area contributed by atoms with Crippen LogP contribution >= 0.6 is 0 Å². The Morgan fingerprint density at radius 3 is 3.29 bits per heavy atom. The number of oxime groups is 1. The molecule has 0 aromatic heterocycles. The lowest BCUT2D eigenvalue weighted by atomic mass is 10.2. The lowest BCUT2D eigenvalue weighted by Crippen LogP contribution is -2.51. The second-order valence-corrected chi connectivity index (χ2v) is 4.90. The number of nitrogens with two attached hydrogens (primary N) is 1. The monoisotopic (exact) mass is 242 g/mol. The standard InChI is InChI=1S/C11H22N4O2/c1-8(11(12)14-16)13-5-10-6-15-4-2-3-9(15)7-17-10/h8-10,13,16H,2-7H2,1H3,(H2,12,14). The summed E-state index contributed by atoms with van der Waals surface area (Å²) in [5, 5.41) is 14.8. The molecule has 0 aliphatic carbocycles. The van der Waals surface area contributed by atoms with Gasteiger partial charge in [-0.1, -0.05) is 5.16 Å². The Bertz CT molecular complexity index is 285. The first-order chi connectivity index (χ1) is 8.20. The molecule has 3 atom stereocenters. The van der Waals surface area contributed by atoms with Crippen molar-refractivity contribution in [3.63, 3.8) is 0 Å². The van der Waals surface area contributed by atoms with Gasteiger partial charge in [0.1, 0.15) is 0 Å². The fourth-order valence-corrected chi connectivity index (χ4v) is 2.51. The van der Waals surface area contributed by atoms with Crippen LogP contribution < -0.4 is 11.1 Å². The van der Waals surface area contributed by atoms with E-state index < -0.39 is 0 Å². The van der Waals surface area contributed by atoms with Gasteiger partial charge in [0.25, 0.3) is 0 Å². The third-order valence-electron chi connectivity index (χ3n) is 3.67. The normalized spacial score (nSPS) is 32.4. The topological polar surface area (TPSA) is 83.1 Å². The van der Waals surface area contributed by atoms with Crippen molar-refractivity contribution < 1.29 is 9.94 Å². The molecule has 17 heavy (non-hydrogen) atoms. The Morgan fingerprint density at radius 1 is 1.71 bits per heavy atom. The number of nitrogens with zero attached hydrogens (tertiary/aromatic N) is 2. The van der Waals surface area contributed by atoms with E-state index in [1.807, 2.05) is 6.92 Å². The van der Waals surface area contributed by atoms with Gasteiger partial charge in [-0.3, -0.25) is 4.90 Å². The van der Waals surface area contributed by atoms with Gasteiger partial charge in [-0.15, -0.1) is 0 Å². The quantitative estimate of drug-likeness (QED) is 0.270. The molecule has 6 heteroatoms. The minimum Gasteiger partial charge on any atom is -0.409 e. The number of fused-ring (bicyclic) bond motifs is 1. The SMILES string of the molecule is CC(NCC1CN2CCCC2CO1)C(N)=NO. The summed E-state index contributed by atoms with van der Waals surface area (Å²) in [6, 6.07) is 0.507. The largest absolute Gasteiger partial charge is 0.409 e. The molecule has 98 valence electrons. The Morgan fingerprint density at radius 2 is 2.53 bits per heavy atom. The van der Waals surface area contributed by atoms with E-state index in [0.29, 0.717) is 6.04 Å². The average molecular weight is 242 g/mol. The highest BCUT2D eigenvalue weighted by Gasteiger charge is 2.32. The molecule has 2 aliphatic rings. The van der Waals surface area contributed by atoms with Crippen molar-refractivity contribution in [2.24, 2.45) is 10.9 Å². The number of hydrogen-bond acceptors (Lipinski definition) is 5. The molecule has 6 nitrogen and oxygen atoms in total. The Kier molecular flexibility index (Phi) is 4.20. The molecule has 0 saturated carbocycles. The summed E-state index contributed by atoms with van der Waals surface area (Å²) in [6.07, 6.45) is 2.76. The number of morpholine rings is 1. The summed E-state index contributed by atoms with van der Waals surface area (Å²) in [5.74, 6) is 0.208. The third kappa shape index (κ3) is 3.08. The van der Waals surface area contributed by atoms with E-state index in [2.05, 4.69) is 15.4 Å². The molecule has 0 bridgehead atoms. The van der Waals surface area contributed by atoms with Crippen LogP contribution in [0.25, 0.3) is 0 Å². The number of rotatable bonds is 4. The molecule has 2 heterocycles. The second kappa shape index (κ2) is 5.66. The second-order valence-electron chi connectivity index (χ2n) is 4.90. The molecule has 2 saturated heterocycles. The van der Waals surface area contributed by atoms with Crippen molar-refractivity contribution in [1.29, 1.82) is 0 Å². The van der Waals surface area contributed by atoms with Gasteiger partial charge in [-0.05, 0) is 26.3 Å².